The molecular formula is C18H14N8O3. The van der Waals surface area contributed by atoms with Crippen LogP contribution < -0.4 is 11.2 Å². The minimum absolute atomic E-state index is 0.000875. The average Bonchev–Trinajstić information content (AvgIpc) is 3.34. The Morgan fingerprint density at radius 3 is 2.72 bits per heavy atom. The molecule has 2 aromatic heterocycles. The molecule has 0 atom stereocenters. The van der Waals surface area contributed by atoms with Crippen LogP contribution in [0.2, 0.25) is 0 Å². The maximum atomic E-state index is 12.7. The summed E-state index contributed by atoms with van der Waals surface area (Å²) in [6.07, 6.45) is 1.39. The van der Waals surface area contributed by atoms with Crippen LogP contribution in [0.4, 0.5) is 5.82 Å². The number of carbonyl (C=O) groups excluding carboxylic acids is 1. The Labute approximate surface area is 163 Å². The molecule has 0 aliphatic heterocycles. The highest BCUT2D eigenvalue weighted by atomic mass is 16.6. The van der Waals surface area contributed by atoms with Gasteiger partial charge in [-0.25, -0.2) is 10.1 Å². The lowest BCUT2D eigenvalue weighted by atomic mass is 10.1. The third-order valence-corrected chi connectivity index (χ3v) is 3.88. The summed E-state index contributed by atoms with van der Waals surface area (Å²) in [4.78, 5) is 12.7. The minimum atomic E-state index is -0.596. The van der Waals surface area contributed by atoms with Crippen molar-refractivity contribution < 1.29 is 14.5 Å². The number of nitrogens with zero attached hydrogens (tertiary/aromatic N) is 6. The van der Waals surface area contributed by atoms with Crippen molar-refractivity contribution in [3.8, 4) is 22.8 Å². The van der Waals surface area contributed by atoms with Crippen LogP contribution in [-0.4, -0.2) is 42.5 Å². The molecule has 0 spiro atoms. The van der Waals surface area contributed by atoms with Crippen molar-refractivity contribution >= 4 is 17.9 Å². The number of anilines is 1. The standard InChI is InChI=1S/C18H14N8O3/c19-16-17(24-29-23-16)26-15(12-6-2-1-3-7-12)14(21-25-26)18(28)22-20-10-11-5-4-8-13(27)9-11/h1-10,27H,(H2,19,23)(H,22,28)/b20-10+. The predicted molar refractivity (Wildman–Crippen MR) is 102 cm³/mol. The van der Waals surface area contributed by atoms with Crippen molar-refractivity contribution in [3.63, 3.8) is 0 Å². The van der Waals surface area contributed by atoms with Crippen LogP contribution in [0.25, 0.3) is 17.1 Å². The van der Waals surface area contributed by atoms with E-state index in [0.29, 0.717) is 16.8 Å². The molecule has 0 aliphatic rings. The number of hydrogen-bond acceptors (Lipinski definition) is 9. The molecule has 0 unspecified atom stereocenters. The Kier molecular flexibility index (Phi) is 4.68. The molecule has 144 valence electrons. The zero-order valence-corrected chi connectivity index (χ0v) is 14.8. The number of carbonyl (C=O) groups is 1. The van der Waals surface area contributed by atoms with Gasteiger partial charge in [-0.15, -0.1) is 5.10 Å². The van der Waals surface area contributed by atoms with Gasteiger partial charge in [-0.1, -0.05) is 47.7 Å². The third-order valence-electron chi connectivity index (χ3n) is 3.88. The maximum absolute atomic E-state index is 12.7. The average molecular weight is 390 g/mol. The normalized spacial score (nSPS) is 11.0. The fraction of sp³-hybridized carbons (Fsp3) is 0. The van der Waals surface area contributed by atoms with E-state index in [1.807, 2.05) is 6.07 Å². The van der Waals surface area contributed by atoms with Gasteiger partial charge in [0.05, 0.1) is 6.21 Å². The first-order valence-electron chi connectivity index (χ1n) is 8.35. The Morgan fingerprint density at radius 1 is 1.17 bits per heavy atom. The minimum Gasteiger partial charge on any atom is -0.508 e. The number of nitrogens with one attached hydrogen (secondary N) is 1. The van der Waals surface area contributed by atoms with Crippen LogP contribution in [0.3, 0.4) is 0 Å². The van der Waals surface area contributed by atoms with E-state index in [2.05, 4.69) is 35.8 Å². The predicted octanol–water partition coefficient (Wildman–Crippen LogP) is 1.37. The van der Waals surface area contributed by atoms with Crippen LogP contribution in [0.1, 0.15) is 16.1 Å². The number of phenols is 1. The Hall–Kier alpha value is -4.54. The fourth-order valence-corrected chi connectivity index (χ4v) is 2.60. The van der Waals surface area contributed by atoms with Crippen LogP contribution in [-0.2, 0) is 0 Å². The second-order valence-electron chi connectivity index (χ2n) is 5.83. The van der Waals surface area contributed by atoms with Gasteiger partial charge in [-0.05, 0) is 28.0 Å². The molecule has 0 bridgehead atoms. The molecule has 2 aromatic carbocycles. The molecule has 0 fully saturated rings. The molecule has 29 heavy (non-hydrogen) atoms. The van der Waals surface area contributed by atoms with E-state index < -0.39 is 5.91 Å². The highest BCUT2D eigenvalue weighted by molar-refractivity contribution is 5.98. The summed E-state index contributed by atoms with van der Waals surface area (Å²) >= 11 is 0. The lowest BCUT2D eigenvalue weighted by molar-refractivity contribution is 0.0950. The van der Waals surface area contributed by atoms with E-state index in [9.17, 15) is 9.90 Å². The quantitative estimate of drug-likeness (QED) is 0.340. The van der Waals surface area contributed by atoms with Gasteiger partial charge >= 0.3 is 0 Å². The summed E-state index contributed by atoms with van der Waals surface area (Å²) < 4.78 is 5.90. The lowest BCUT2D eigenvalue weighted by Crippen LogP contribution is -2.19. The van der Waals surface area contributed by atoms with Gasteiger partial charge in [0, 0.05) is 5.56 Å². The topological polar surface area (TPSA) is 157 Å². The molecule has 0 saturated heterocycles. The highest BCUT2D eigenvalue weighted by Crippen LogP contribution is 2.26. The van der Waals surface area contributed by atoms with Crippen molar-refractivity contribution in [2.45, 2.75) is 0 Å². The van der Waals surface area contributed by atoms with Gasteiger partial charge < -0.3 is 10.8 Å². The molecule has 2 heterocycles. The van der Waals surface area contributed by atoms with Crippen molar-refractivity contribution in [1.82, 2.24) is 30.7 Å². The number of hydrazone groups is 1. The van der Waals surface area contributed by atoms with Gasteiger partial charge in [0.1, 0.15) is 11.4 Å². The third kappa shape index (κ3) is 3.64. The molecule has 4 N–H and O–H groups in total. The maximum Gasteiger partial charge on any atom is 0.294 e. The molecule has 4 rings (SSSR count). The van der Waals surface area contributed by atoms with E-state index in [-0.39, 0.29) is 23.1 Å². The van der Waals surface area contributed by atoms with E-state index >= 15 is 0 Å². The van der Waals surface area contributed by atoms with Gasteiger partial charge in [0.2, 0.25) is 11.6 Å². The van der Waals surface area contributed by atoms with Gasteiger partial charge in [0.25, 0.3) is 5.91 Å². The van der Waals surface area contributed by atoms with Crippen molar-refractivity contribution in [2.24, 2.45) is 5.10 Å². The van der Waals surface area contributed by atoms with Gasteiger partial charge in [-0.2, -0.15) is 9.78 Å². The number of hydrogen-bond donors (Lipinski definition) is 3. The number of amides is 1. The Morgan fingerprint density at radius 2 is 2.00 bits per heavy atom. The number of rotatable bonds is 5. The van der Waals surface area contributed by atoms with Crippen molar-refractivity contribution in [2.75, 3.05) is 5.73 Å². The summed E-state index contributed by atoms with van der Waals surface area (Å²) in [6, 6.07) is 15.4. The number of nitrogens with two attached hydrogens (primary N) is 1. The lowest BCUT2D eigenvalue weighted by Gasteiger charge is -2.05. The van der Waals surface area contributed by atoms with Crippen LogP contribution in [0.15, 0.2) is 64.3 Å². The summed E-state index contributed by atoms with van der Waals surface area (Å²) in [5.74, 6) is -0.394. The number of aromatic hydroxyl groups is 1. The SMILES string of the molecule is Nc1nonc1-n1nnc(C(=O)N/N=C/c2cccc(O)c2)c1-c1ccccc1. The van der Waals surface area contributed by atoms with E-state index in [4.69, 9.17) is 5.73 Å². The molecule has 0 saturated carbocycles. The molecule has 11 heteroatoms. The van der Waals surface area contributed by atoms with Crippen LogP contribution in [0.5, 0.6) is 5.75 Å². The number of phenolic OH excluding ortho intramolecular Hbond substituents is 1. The van der Waals surface area contributed by atoms with Gasteiger partial charge in [-0.3, -0.25) is 4.79 Å². The first-order chi connectivity index (χ1) is 14.1. The summed E-state index contributed by atoms with van der Waals surface area (Å²) in [5.41, 5.74) is 9.77. The first kappa shape index (κ1) is 17.9. The number of nitrogen functional groups attached to an aromatic ring is 1. The zero-order chi connectivity index (χ0) is 20.2. The summed E-state index contributed by atoms with van der Waals surface area (Å²) in [5, 5.41) is 28.6. The smallest absolute Gasteiger partial charge is 0.294 e. The Balaban J connectivity index is 1.67. The monoisotopic (exact) mass is 390 g/mol. The molecule has 1 amide bonds. The first-order valence-corrected chi connectivity index (χ1v) is 8.35. The van der Waals surface area contributed by atoms with Gasteiger partial charge in [0.15, 0.2) is 5.69 Å². The Bertz CT molecular complexity index is 1180. The summed E-state index contributed by atoms with van der Waals surface area (Å²) in [7, 11) is 0. The molecular weight excluding hydrogens is 376 g/mol. The molecule has 4 aromatic rings. The fourth-order valence-electron chi connectivity index (χ4n) is 2.60. The number of benzene rings is 2. The second kappa shape index (κ2) is 7.60. The van der Waals surface area contributed by atoms with Crippen molar-refractivity contribution in [3.05, 3.63) is 65.9 Å². The summed E-state index contributed by atoms with van der Waals surface area (Å²) in [6.45, 7) is 0. The zero-order valence-electron chi connectivity index (χ0n) is 14.8. The van der Waals surface area contributed by atoms with Crippen LogP contribution in [0, 0.1) is 0 Å². The highest BCUT2D eigenvalue weighted by Gasteiger charge is 2.24. The number of aromatic nitrogens is 5. The van der Waals surface area contributed by atoms with E-state index in [0.717, 1.165) is 0 Å². The second-order valence-corrected chi connectivity index (χ2v) is 5.83. The van der Waals surface area contributed by atoms with Crippen LogP contribution >= 0.6 is 0 Å². The van der Waals surface area contributed by atoms with E-state index in [1.54, 1.807) is 36.4 Å². The molecule has 0 radical (unpaired) electrons. The van der Waals surface area contributed by atoms with E-state index in [1.165, 1.54) is 23.0 Å². The molecule has 0 aliphatic carbocycles. The van der Waals surface area contributed by atoms with Crippen molar-refractivity contribution in [1.29, 1.82) is 0 Å². The molecule has 11 nitrogen and oxygen atoms in total. The largest absolute Gasteiger partial charge is 0.508 e.